The highest BCUT2D eigenvalue weighted by atomic mass is 16.5. The van der Waals surface area contributed by atoms with Gasteiger partial charge >= 0.3 is 5.97 Å². The molecule has 0 spiro atoms. The molecule has 0 radical (unpaired) electrons. The van der Waals surface area contributed by atoms with E-state index in [0.29, 0.717) is 30.3 Å². The number of benzene rings is 1. The Bertz CT molecular complexity index is 437. The van der Waals surface area contributed by atoms with E-state index in [1.54, 1.807) is 18.2 Å². The Morgan fingerprint density at radius 2 is 2.06 bits per heavy atom. The second-order valence-electron chi connectivity index (χ2n) is 3.83. The van der Waals surface area contributed by atoms with E-state index in [9.17, 15) is 4.79 Å². The van der Waals surface area contributed by atoms with Crippen LogP contribution >= 0.6 is 0 Å². The molecule has 0 aliphatic rings. The Morgan fingerprint density at radius 3 is 2.61 bits per heavy atom. The molecule has 0 amide bonds. The van der Waals surface area contributed by atoms with Gasteiger partial charge in [0.2, 0.25) is 0 Å². The molecule has 4 nitrogen and oxygen atoms in total. The maximum Gasteiger partial charge on any atom is 0.341 e. The molecule has 0 bridgehead atoms. The van der Waals surface area contributed by atoms with Gasteiger partial charge in [-0.3, -0.25) is 0 Å². The third kappa shape index (κ3) is 3.80. The Labute approximate surface area is 107 Å². The molecule has 0 unspecified atom stereocenters. The maximum absolute atomic E-state index is 11.7. The quantitative estimate of drug-likeness (QED) is 0.575. The van der Waals surface area contributed by atoms with Crippen molar-refractivity contribution in [3.63, 3.8) is 0 Å². The molecule has 4 heteroatoms. The monoisotopic (exact) mass is 250 g/mol. The summed E-state index contributed by atoms with van der Waals surface area (Å²) < 4.78 is 15.6. The zero-order valence-corrected chi connectivity index (χ0v) is 11.0. The summed E-state index contributed by atoms with van der Waals surface area (Å²) in [6.07, 6.45) is 0. The van der Waals surface area contributed by atoms with Crippen molar-refractivity contribution in [1.29, 1.82) is 0 Å². The number of methoxy groups -OCH3 is 1. The molecule has 98 valence electrons. The van der Waals surface area contributed by atoms with Gasteiger partial charge in [-0.15, -0.1) is 0 Å². The van der Waals surface area contributed by atoms with Crippen molar-refractivity contribution >= 4 is 5.97 Å². The lowest BCUT2D eigenvalue weighted by Crippen LogP contribution is -2.07. The van der Waals surface area contributed by atoms with Crippen molar-refractivity contribution in [3.8, 4) is 11.5 Å². The van der Waals surface area contributed by atoms with Crippen molar-refractivity contribution in [2.45, 2.75) is 13.8 Å². The minimum atomic E-state index is -0.451. The van der Waals surface area contributed by atoms with Crippen LogP contribution in [0, 0.1) is 0 Å². The Kier molecular flexibility index (Phi) is 5.24. The molecule has 0 fully saturated rings. The van der Waals surface area contributed by atoms with E-state index in [0.717, 1.165) is 5.57 Å². The normalized spacial score (nSPS) is 9.72. The zero-order valence-electron chi connectivity index (χ0n) is 11.0. The first-order valence-corrected chi connectivity index (χ1v) is 5.70. The minimum Gasteiger partial charge on any atom is -0.494 e. The average molecular weight is 250 g/mol. The highest BCUT2D eigenvalue weighted by molar-refractivity contribution is 5.93. The number of hydrogen-bond donors (Lipinski definition) is 0. The molecule has 0 atom stereocenters. The van der Waals surface area contributed by atoms with E-state index in [4.69, 9.17) is 14.2 Å². The molecule has 0 aliphatic heterocycles. The van der Waals surface area contributed by atoms with E-state index in [-0.39, 0.29) is 0 Å². The standard InChI is InChI=1S/C14H18O4/c1-5-17-11-6-7-13(18-9-10(2)3)12(8-11)14(15)16-4/h6-8H,2,5,9H2,1,3-4H3. The third-order valence-electron chi connectivity index (χ3n) is 2.14. The first-order chi connectivity index (χ1) is 8.58. The summed E-state index contributed by atoms with van der Waals surface area (Å²) in [6.45, 7) is 8.37. The van der Waals surface area contributed by atoms with Crippen molar-refractivity contribution in [2.75, 3.05) is 20.3 Å². The van der Waals surface area contributed by atoms with Crippen LogP contribution in [0.3, 0.4) is 0 Å². The maximum atomic E-state index is 11.7. The molecule has 0 N–H and O–H groups in total. The smallest absolute Gasteiger partial charge is 0.341 e. The lowest BCUT2D eigenvalue weighted by molar-refractivity contribution is 0.0596. The van der Waals surface area contributed by atoms with E-state index in [1.165, 1.54) is 7.11 Å². The predicted octanol–water partition coefficient (Wildman–Crippen LogP) is 2.83. The fraction of sp³-hybridized carbons (Fsp3) is 0.357. The summed E-state index contributed by atoms with van der Waals surface area (Å²) in [4.78, 5) is 11.7. The van der Waals surface area contributed by atoms with Crippen molar-refractivity contribution in [3.05, 3.63) is 35.9 Å². The lowest BCUT2D eigenvalue weighted by atomic mass is 10.2. The van der Waals surface area contributed by atoms with E-state index >= 15 is 0 Å². The fourth-order valence-electron chi connectivity index (χ4n) is 1.36. The molecule has 18 heavy (non-hydrogen) atoms. The van der Waals surface area contributed by atoms with Crippen LogP contribution in [0.4, 0.5) is 0 Å². The van der Waals surface area contributed by atoms with Gasteiger partial charge in [-0.1, -0.05) is 6.58 Å². The van der Waals surface area contributed by atoms with Crippen molar-refractivity contribution in [2.24, 2.45) is 0 Å². The van der Waals surface area contributed by atoms with Crippen molar-refractivity contribution in [1.82, 2.24) is 0 Å². The zero-order chi connectivity index (χ0) is 13.5. The molecule has 0 saturated carbocycles. The molecule has 0 heterocycles. The van der Waals surface area contributed by atoms with Crippen molar-refractivity contribution < 1.29 is 19.0 Å². The molecule has 0 aromatic heterocycles. The second-order valence-corrected chi connectivity index (χ2v) is 3.83. The summed E-state index contributed by atoms with van der Waals surface area (Å²) in [7, 11) is 1.33. The molecule has 0 saturated heterocycles. The van der Waals surface area contributed by atoms with Gasteiger partial charge < -0.3 is 14.2 Å². The summed E-state index contributed by atoms with van der Waals surface area (Å²) in [6, 6.07) is 5.06. The van der Waals surface area contributed by atoms with Crippen LogP contribution in [0.2, 0.25) is 0 Å². The first kappa shape index (κ1) is 14.1. The molecular weight excluding hydrogens is 232 g/mol. The Morgan fingerprint density at radius 1 is 1.33 bits per heavy atom. The number of carbonyl (C=O) groups is 1. The highest BCUT2D eigenvalue weighted by Crippen LogP contribution is 2.25. The predicted molar refractivity (Wildman–Crippen MR) is 69.3 cm³/mol. The van der Waals surface area contributed by atoms with Gasteiger partial charge in [0.25, 0.3) is 0 Å². The van der Waals surface area contributed by atoms with Gasteiger partial charge in [0.1, 0.15) is 23.7 Å². The van der Waals surface area contributed by atoms with Gasteiger partial charge in [0, 0.05) is 0 Å². The third-order valence-corrected chi connectivity index (χ3v) is 2.14. The summed E-state index contributed by atoms with van der Waals surface area (Å²) >= 11 is 0. The number of carbonyl (C=O) groups excluding carboxylic acids is 1. The second kappa shape index (κ2) is 6.69. The Balaban J connectivity index is 3.00. The minimum absolute atomic E-state index is 0.352. The number of esters is 1. The van der Waals surface area contributed by atoms with Gasteiger partial charge in [-0.05, 0) is 37.6 Å². The number of ether oxygens (including phenoxy) is 3. The van der Waals surface area contributed by atoms with E-state index in [1.807, 2.05) is 13.8 Å². The molecule has 1 aromatic rings. The molecule has 0 aliphatic carbocycles. The van der Waals surface area contributed by atoms with Gasteiger partial charge in [0.05, 0.1) is 13.7 Å². The topological polar surface area (TPSA) is 44.8 Å². The van der Waals surface area contributed by atoms with E-state index in [2.05, 4.69) is 6.58 Å². The van der Waals surface area contributed by atoms with Crippen LogP contribution in [0.5, 0.6) is 11.5 Å². The fourth-order valence-corrected chi connectivity index (χ4v) is 1.36. The van der Waals surface area contributed by atoms with Gasteiger partial charge in [0.15, 0.2) is 0 Å². The van der Waals surface area contributed by atoms with Crippen LogP contribution in [-0.4, -0.2) is 26.3 Å². The molecule has 1 rings (SSSR count). The number of rotatable bonds is 6. The van der Waals surface area contributed by atoms with Gasteiger partial charge in [-0.25, -0.2) is 4.79 Å². The van der Waals surface area contributed by atoms with Crippen LogP contribution in [-0.2, 0) is 4.74 Å². The van der Waals surface area contributed by atoms with Crippen LogP contribution in [0.25, 0.3) is 0 Å². The van der Waals surface area contributed by atoms with Crippen LogP contribution < -0.4 is 9.47 Å². The molecular formula is C14H18O4. The van der Waals surface area contributed by atoms with E-state index < -0.39 is 5.97 Å². The largest absolute Gasteiger partial charge is 0.494 e. The summed E-state index contributed by atoms with van der Waals surface area (Å²) in [5.41, 5.74) is 1.23. The van der Waals surface area contributed by atoms with Crippen LogP contribution in [0.15, 0.2) is 30.4 Å². The van der Waals surface area contributed by atoms with Gasteiger partial charge in [-0.2, -0.15) is 0 Å². The SMILES string of the molecule is C=C(C)COc1ccc(OCC)cc1C(=O)OC. The molecule has 1 aromatic carbocycles. The number of hydrogen-bond acceptors (Lipinski definition) is 4. The first-order valence-electron chi connectivity index (χ1n) is 5.70. The Hall–Kier alpha value is -1.97. The lowest BCUT2D eigenvalue weighted by Gasteiger charge is -2.12. The van der Waals surface area contributed by atoms with Crippen LogP contribution in [0.1, 0.15) is 24.2 Å². The highest BCUT2D eigenvalue weighted by Gasteiger charge is 2.14. The average Bonchev–Trinajstić information content (AvgIpc) is 2.36. The summed E-state index contributed by atoms with van der Waals surface area (Å²) in [5.74, 6) is 0.627. The summed E-state index contributed by atoms with van der Waals surface area (Å²) in [5, 5.41) is 0.